The summed E-state index contributed by atoms with van der Waals surface area (Å²) in [6.45, 7) is 3.00. The van der Waals surface area contributed by atoms with Crippen molar-refractivity contribution in [2.24, 2.45) is 4.99 Å². The van der Waals surface area contributed by atoms with Crippen LogP contribution >= 0.6 is 47.2 Å². The van der Waals surface area contributed by atoms with Crippen molar-refractivity contribution in [2.75, 3.05) is 58.3 Å². The Morgan fingerprint density at radius 3 is 2.28 bits per heavy atom. The molecule has 0 fully saturated rings. The topological polar surface area (TPSA) is 55.3 Å². The van der Waals surface area contributed by atoms with Crippen LogP contribution in [0, 0.1) is 0 Å². The predicted octanol–water partition coefficient (Wildman–Crippen LogP) is 3.95. The Morgan fingerprint density at radius 2 is 1.76 bits per heavy atom. The van der Waals surface area contributed by atoms with E-state index < -0.39 is 0 Å². The number of nitrogens with one attached hydrogen (secondary N) is 1. The maximum absolute atomic E-state index is 6.10. The van der Waals surface area contributed by atoms with E-state index in [1.807, 2.05) is 0 Å². The Morgan fingerprint density at radius 1 is 1.12 bits per heavy atom. The van der Waals surface area contributed by atoms with Crippen molar-refractivity contribution in [2.45, 2.75) is 0 Å². The lowest BCUT2D eigenvalue weighted by atomic mass is 10.3. The molecule has 1 aliphatic heterocycles. The van der Waals surface area contributed by atoms with Crippen molar-refractivity contribution in [3.05, 3.63) is 28.2 Å². The van der Waals surface area contributed by atoms with Crippen LogP contribution in [0.5, 0.6) is 0 Å². The average molecular weight is 435 g/mol. The minimum absolute atomic E-state index is 0. The molecule has 0 aliphatic carbocycles. The van der Waals surface area contributed by atoms with Gasteiger partial charge in [0.1, 0.15) is 0 Å². The van der Waals surface area contributed by atoms with Crippen molar-refractivity contribution in [1.82, 2.24) is 5.06 Å². The second kappa shape index (κ2) is 14.7. The summed E-state index contributed by atoms with van der Waals surface area (Å²) in [5, 5.41) is 5.86. The van der Waals surface area contributed by atoms with Crippen LogP contribution in [-0.4, -0.2) is 64.0 Å². The molecule has 1 aromatic rings. The first-order valence-corrected chi connectivity index (χ1v) is 8.62. The number of rotatable bonds is 7. The summed E-state index contributed by atoms with van der Waals surface area (Å²) in [4.78, 5) is 9.86. The number of hydrogen-bond acceptors (Lipinski definition) is 6. The third-order valence-corrected chi connectivity index (χ3v) is 3.60. The van der Waals surface area contributed by atoms with Crippen LogP contribution in [0.15, 0.2) is 23.2 Å². The molecule has 0 spiro atoms. The molecule has 0 bridgehead atoms. The number of halogens is 4. The summed E-state index contributed by atoms with van der Waals surface area (Å²) < 4.78 is 9.50. The van der Waals surface area contributed by atoms with Crippen LogP contribution in [0.25, 0.3) is 0 Å². The van der Waals surface area contributed by atoms with E-state index in [2.05, 4.69) is 15.0 Å². The first-order chi connectivity index (χ1) is 11.6. The largest absolute Gasteiger partial charge is 0.383 e. The van der Waals surface area contributed by atoms with Gasteiger partial charge in [-0.15, -0.1) is 24.0 Å². The normalized spacial score (nSPS) is 12.8. The molecule has 1 N–H and O–H groups in total. The van der Waals surface area contributed by atoms with Gasteiger partial charge in [0, 0.05) is 20.1 Å². The fourth-order valence-corrected chi connectivity index (χ4v) is 2.34. The van der Waals surface area contributed by atoms with E-state index in [-0.39, 0.29) is 12.4 Å². The minimum Gasteiger partial charge on any atom is -0.383 e. The van der Waals surface area contributed by atoms with Gasteiger partial charge in [-0.3, -0.25) is 4.84 Å². The zero-order chi connectivity index (χ0) is 17.8. The zero-order valence-electron chi connectivity index (χ0n) is 14.1. The van der Waals surface area contributed by atoms with E-state index in [0.717, 1.165) is 0 Å². The molecule has 25 heavy (non-hydrogen) atoms. The summed E-state index contributed by atoms with van der Waals surface area (Å²) in [7, 11) is 3.26. The molecule has 0 unspecified atom stereocenters. The van der Waals surface area contributed by atoms with Gasteiger partial charge in [-0.2, -0.15) is 0 Å². The van der Waals surface area contributed by atoms with Crippen LogP contribution in [0.1, 0.15) is 0 Å². The fourth-order valence-electron chi connectivity index (χ4n) is 1.70. The second-order valence-electron chi connectivity index (χ2n) is 4.54. The molecule has 0 aromatic heterocycles. The molecule has 0 amide bonds. The second-order valence-corrected chi connectivity index (χ2v) is 5.73. The zero-order valence-corrected chi connectivity index (χ0v) is 17.2. The molecular weight excluding hydrogens is 412 g/mol. The standard InChI is InChI=1S/C12H15Cl2N3O2.C3H7ClO.ClH/c1-18-7-8-19-17-6-5-15-12(17)16-11-9(13)3-2-4-10(11)14;1-5-3-2-4;/h2-4H,5-8H2,1H3,(H,15,16);2-3H2,1H3;1H. The summed E-state index contributed by atoms with van der Waals surface area (Å²) >= 11 is 17.4. The van der Waals surface area contributed by atoms with Crippen molar-refractivity contribution in [1.29, 1.82) is 0 Å². The maximum atomic E-state index is 6.10. The Hall–Kier alpha value is -0.470. The summed E-state index contributed by atoms with van der Waals surface area (Å²) in [5.41, 5.74) is 0.631. The van der Waals surface area contributed by atoms with Gasteiger partial charge in [0.25, 0.3) is 0 Å². The molecule has 0 atom stereocenters. The highest BCUT2D eigenvalue weighted by Crippen LogP contribution is 2.30. The minimum atomic E-state index is 0. The summed E-state index contributed by atoms with van der Waals surface area (Å²) in [5.74, 6) is 1.20. The van der Waals surface area contributed by atoms with Crippen molar-refractivity contribution in [3.63, 3.8) is 0 Å². The highest BCUT2D eigenvalue weighted by atomic mass is 35.5. The number of aliphatic imine (C=N–C) groups is 1. The van der Waals surface area contributed by atoms with E-state index in [0.29, 0.717) is 60.5 Å². The van der Waals surface area contributed by atoms with E-state index >= 15 is 0 Å². The van der Waals surface area contributed by atoms with Crippen LogP contribution in [0.3, 0.4) is 0 Å². The monoisotopic (exact) mass is 433 g/mol. The fraction of sp³-hybridized carbons (Fsp3) is 0.533. The number of hydroxylamine groups is 2. The summed E-state index contributed by atoms with van der Waals surface area (Å²) in [6.07, 6.45) is 0. The van der Waals surface area contributed by atoms with Crippen molar-refractivity contribution in [3.8, 4) is 0 Å². The maximum Gasteiger partial charge on any atom is 0.223 e. The van der Waals surface area contributed by atoms with Gasteiger partial charge in [0.2, 0.25) is 5.96 Å². The van der Waals surface area contributed by atoms with Gasteiger partial charge in [-0.05, 0) is 12.1 Å². The Balaban J connectivity index is 0.000000848. The summed E-state index contributed by atoms with van der Waals surface area (Å²) in [6, 6.07) is 5.32. The molecule has 1 aliphatic rings. The number of alkyl halides is 1. The number of ether oxygens (including phenoxy) is 2. The number of hydrogen-bond donors (Lipinski definition) is 1. The molecule has 0 saturated heterocycles. The number of para-hydroxylation sites is 1. The van der Waals surface area contributed by atoms with Gasteiger partial charge in [0.05, 0.1) is 48.6 Å². The van der Waals surface area contributed by atoms with Crippen molar-refractivity contribution >= 4 is 58.9 Å². The first-order valence-electron chi connectivity index (χ1n) is 7.33. The van der Waals surface area contributed by atoms with Gasteiger partial charge >= 0.3 is 0 Å². The predicted molar refractivity (Wildman–Crippen MR) is 107 cm³/mol. The third-order valence-electron chi connectivity index (χ3n) is 2.82. The Kier molecular flexibility index (Phi) is 14.4. The molecule has 144 valence electrons. The Labute approximate surface area is 169 Å². The molecule has 1 aromatic carbocycles. The molecule has 0 radical (unpaired) electrons. The SMILES string of the molecule is COCCCl.COCCON1CCN=C1Nc1c(Cl)cccc1Cl.Cl. The third kappa shape index (κ3) is 9.15. The molecule has 10 heteroatoms. The highest BCUT2D eigenvalue weighted by Gasteiger charge is 2.19. The van der Waals surface area contributed by atoms with E-state index in [4.69, 9.17) is 44.4 Å². The number of methoxy groups -OCH3 is 2. The molecule has 2 rings (SSSR count). The molecule has 1 heterocycles. The van der Waals surface area contributed by atoms with Crippen molar-refractivity contribution < 1.29 is 14.3 Å². The van der Waals surface area contributed by atoms with Crippen LogP contribution < -0.4 is 5.32 Å². The van der Waals surface area contributed by atoms with E-state index in [1.165, 1.54) is 0 Å². The van der Waals surface area contributed by atoms with E-state index in [9.17, 15) is 0 Å². The lowest BCUT2D eigenvalue weighted by Gasteiger charge is -2.21. The van der Waals surface area contributed by atoms with Gasteiger partial charge < -0.3 is 14.8 Å². The van der Waals surface area contributed by atoms with E-state index in [1.54, 1.807) is 37.5 Å². The highest BCUT2D eigenvalue weighted by molar-refractivity contribution is 6.39. The molecular formula is C15H23Cl4N3O3. The molecule has 0 saturated carbocycles. The quantitative estimate of drug-likeness (QED) is 0.520. The van der Waals surface area contributed by atoms with Gasteiger partial charge in [-0.1, -0.05) is 29.3 Å². The smallest absolute Gasteiger partial charge is 0.223 e. The lowest BCUT2D eigenvalue weighted by Crippen LogP contribution is -2.34. The average Bonchev–Trinajstić information content (AvgIpc) is 3.00. The number of benzene rings is 1. The van der Waals surface area contributed by atoms with Crippen LogP contribution in [0.4, 0.5) is 5.69 Å². The Bertz CT molecular complexity index is 499. The van der Waals surface area contributed by atoms with Gasteiger partial charge in [-0.25, -0.2) is 10.1 Å². The molecule has 6 nitrogen and oxygen atoms in total. The number of nitrogens with zero attached hydrogens (tertiary/aromatic N) is 2. The number of anilines is 1. The first kappa shape index (κ1) is 24.5. The van der Waals surface area contributed by atoms with Crippen LogP contribution in [0.2, 0.25) is 10.0 Å². The van der Waals surface area contributed by atoms with Gasteiger partial charge in [0.15, 0.2) is 0 Å². The lowest BCUT2D eigenvalue weighted by molar-refractivity contribution is -0.105. The van der Waals surface area contributed by atoms with Crippen LogP contribution in [-0.2, 0) is 14.3 Å². The number of guanidine groups is 1.